The average molecular weight is 240 g/mol. The number of rotatable bonds is 3. The van der Waals surface area contributed by atoms with E-state index < -0.39 is 6.03 Å². The molecule has 1 aromatic heterocycles. The maximum atomic E-state index is 11.6. The Kier molecular flexibility index (Phi) is 3.57. The van der Waals surface area contributed by atoms with Crippen molar-refractivity contribution in [3.63, 3.8) is 0 Å². The van der Waals surface area contributed by atoms with Crippen LogP contribution in [0.2, 0.25) is 0 Å². The largest absolute Gasteiger partial charge is 0.351 e. The van der Waals surface area contributed by atoms with Crippen LogP contribution >= 0.6 is 0 Å². The van der Waals surface area contributed by atoms with Crippen molar-refractivity contribution in [2.45, 2.75) is 6.42 Å². The zero-order chi connectivity index (χ0) is 13.0. The Morgan fingerprint density at radius 2 is 1.94 bits per heavy atom. The summed E-state index contributed by atoms with van der Waals surface area (Å²) in [7, 11) is 0. The quantitative estimate of drug-likeness (QED) is 0.896. The van der Waals surface area contributed by atoms with Gasteiger partial charge in [0.15, 0.2) is 0 Å². The Labute approximate surface area is 106 Å². The van der Waals surface area contributed by atoms with Crippen molar-refractivity contribution >= 4 is 17.5 Å². The molecule has 4 nitrogen and oxygen atoms in total. The van der Waals surface area contributed by atoms with Crippen molar-refractivity contribution in [2.24, 2.45) is 5.73 Å². The molecule has 2 amide bonds. The van der Waals surface area contributed by atoms with E-state index in [0.717, 1.165) is 5.56 Å². The fraction of sp³-hybridized carbons (Fsp3) is 0.0714. The molecule has 0 bridgehead atoms. The number of amides is 2. The molecule has 1 heterocycles. The van der Waals surface area contributed by atoms with E-state index in [0.29, 0.717) is 17.9 Å². The van der Waals surface area contributed by atoms with Crippen molar-refractivity contribution in [1.29, 1.82) is 0 Å². The number of nitrogens with two attached hydrogens (primary N) is 1. The molecular formula is C14H14N3O. The Morgan fingerprint density at radius 1 is 1.22 bits per heavy atom. The Morgan fingerprint density at radius 3 is 2.44 bits per heavy atom. The van der Waals surface area contributed by atoms with Gasteiger partial charge in [0.25, 0.3) is 0 Å². The van der Waals surface area contributed by atoms with Crippen LogP contribution in [-0.4, -0.2) is 11.0 Å². The van der Waals surface area contributed by atoms with E-state index in [1.807, 2.05) is 30.3 Å². The monoisotopic (exact) mass is 240 g/mol. The van der Waals surface area contributed by atoms with Crippen LogP contribution in [0.3, 0.4) is 0 Å². The molecule has 0 fully saturated rings. The van der Waals surface area contributed by atoms with Crippen molar-refractivity contribution < 1.29 is 4.79 Å². The van der Waals surface area contributed by atoms with Gasteiger partial charge in [-0.05, 0) is 43.2 Å². The molecule has 18 heavy (non-hydrogen) atoms. The molecule has 0 saturated carbocycles. The summed E-state index contributed by atoms with van der Waals surface area (Å²) >= 11 is 0. The number of urea groups is 1. The minimum Gasteiger partial charge on any atom is -0.351 e. The molecular weight excluding hydrogens is 226 g/mol. The highest BCUT2D eigenvalue weighted by atomic mass is 16.2. The first-order valence-electron chi connectivity index (χ1n) is 5.61. The number of aromatic nitrogens is 1. The molecule has 2 aromatic rings. The molecule has 1 aromatic carbocycles. The van der Waals surface area contributed by atoms with E-state index in [1.54, 1.807) is 18.3 Å². The topological polar surface area (TPSA) is 59.2 Å². The highest BCUT2D eigenvalue weighted by Crippen LogP contribution is 2.23. The zero-order valence-electron chi connectivity index (χ0n) is 9.91. The molecule has 0 aliphatic heterocycles. The lowest BCUT2D eigenvalue weighted by molar-refractivity contribution is 0.256. The van der Waals surface area contributed by atoms with Crippen molar-refractivity contribution in [3.05, 3.63) is 61.1 Å². The number of hydrogen-bond acceptors (Lipinski definition) is 2. The van der Waals surface area contributed by atoms with Gasteiger partial charge >= 0.3 is 6.03 Å². The normalized spacial score (nSPS) is 10.1. The second-order valence-corrected chi connectivity index (χ2v) is 3.78. The SMILES string of the molecule is [CH2]Cc1ccc(N(C(N)=O)c2ccccn2)cc1. The van der Waals surface area contributed by atoms with E-state index in [1.165, 1.54) is 4.90 Å². The van der Waals surface area contributed by atoms with Gasteiger partial charge in [-0.25, -0.2) is 14.7 Å². The minimum absolute atomic E-state index is 0.507. The van der Waals surface area contributed by atoms with Crippen LogP contribution in [0.5, 0.6) is 0 Å². The fourth-order valence-electron chi connectivity index (χ4n) is 1.67. The van der Waals surface area contributed by atoms with E-state index in [-0.39, 0.29) is 0 Å². The highest BCUT2D eigenvalue weighted by Gasteiger charge is 2.15. The summed E-state index contributed by atoms with van der Waals surface area (Å²) in [5, 5.41) is 0. The lowest BCUT2D eigenvalue weighted by atomic mass is 10.1. The number of pyridine rings is 1. The maximum Gasteiger partial charge on any atom is 0.325 e. The van der Waals surface area contributed by atoms with Gasteiger partial charge in [-0.15, -0.1) is 0 Å². The lowest BCUT2D eigenvalue weighted by Crippen LogP contribution is -2.32. The van der Waals surface area contributed by atoms with Gasteiger partial charge in [-0.3, -0.25) is 0 Å². The molecule has 1 radical (unpaired) electrons. The molecule has 0 saturated heterocycles. The van der Waals surface area contributed by atoms with Crippen LogP contribution < -0.4 is 10.6 Å². The van der Waals surface area contributed by atoms with Gasteiger partial charge in [0.2, 0.25) is 0 Å². The molecule has 0 unspecified atom stereocenters. The summed E-state index contributed by atoms with van der Waals surface area (Å²) in [5.74, 6) is 0.507. The number of carbonyl (C=O) groups excluding carboxylic acids is 1. The first-order valence-corrected chi connectivity index (χ1v) is 5.61. The summed E-state index contributed by atoms with van der Waals surface area (Å²) in [6.07, 6.45) is 2.33. The number of anilines is 2. The Balaban J connectivity index is 2.39. The van der Waals surface area contributed by atoms with Crippen LogP contribution in [0, 0.1) is 6.92 Å². The average Bonchev–Trinajstić information content (AvgIpc) is 2.40. The van der Waals surface area contributed by atoms with Gasteiger partial charge in [-0.1, -0.05) is 18.2 Å². The van der Waals surface area contributed by atoms with Crippen molar-refractivity contribution in [1.82, 2.24) is 4.98 Å². The Bertz CT molecular complexity index is 522. The molecule has 0 spiro atoms. The van der Waals surface area contributed by atoms with Crippen molar-refractivity contribution in [3.8, 4) is 0 Å². The van der Waals surface area contributed by atoms with Gasteiger partial charge in [0.05, 0.1) is 5.69 Å². The van der Waals surface area contributed by atoms with Gasteiger partial charge < -0.3 is 5.73 Å². The molecule has 0 aliphatic carbocycles. The van der Waals surface area contributed by atoms with E-state index in [2.05, 4.69) is 11.9 Å². The van der Waals surface area contributed by atoms with Gasteiger partial charge in [-0.2, -0.15) is 0 Å². The summed E-state index contributed by atoms with van der Waals surface area (Å²) in [5.41, 5.74) is 7.20. The number of benzene rings is 1. The second-order valence-electron chi connectivity index (χ2n) is 3.78. The van der Waals surface area contributed by atoms with Gasteiger partial charge in [0.1, 0.15) is 5.82 Å². The molecule has 91 valence electrons. The molecule has 2 N–H and O–H groups in total. The van der Waals surface area contributed by atoms with Crippen LogP contribution in [0.15, 0.2) is 48.7 Å². The van der Waals surface area contributed by atoms with Gasteiger partial charge in [0, 0.05) is 6.20 Å². The molecule has 0 atom stereocenters. The summed E-state index contributed by atoms with van der Waals surface area (Å²) < 4.78 is 0. The number of nitrogens with zero attached hydrogens (tertiary/aromatic N) is 2. The van der Waals surface area contributed by atoms with Crippen LogP contribution in [0.4, 0.5) is 16.3 Å². The lowest BCUT2D eigenvalue weighted by Gasteiger charge is -2.19. The number of carbonyl (C=O) groups is 1. The summed E-state index contributed by atoms with van der Waals surface area (Å²) in [4.78, 5) is 17.1. The van der Waals surface area contributed by atoms with Crippen molar-refractivity contribution in [2.75, 3.05) is 4.90 Å². The summed E-state index contributed by atoms with van der Waals surface area (Å²) in [6, 6.07) is 12.3. The molecule has 4 heteroatoms. The predicted octanol–water partition coefficient (Wildman–Crippen LogP) is 2.67. The van der Waals surface area contributed by atoms with Crippen LogP contribution in [-0.2, 0) is 6.42 Å². The zero-order valence-corrected chi connectivity index (χ0v) is 9.91. The first-order chi connectivity index (χ1) is 8.72. The predicted molar refractivity (Wildman–Crippen MR) is 71.5 cm³/mol. The van der Waals surface area contributed by atoms with E-state index in [4.69, 9.17) is 5.73 Å². The van der Waals surface area contributed by atoms with E-state index in [9.17, 15) is 4.79 Å². The van der Waals surface area contributed by atoms with Crippen LogP contribution in [0.1, 0.15) is 5.56 Å². The number of hydrogen-bond donors (Lipinski definition) is 1. The third kappa shape index (κ3) is 2.48. The second kappa shape index (κ2) is 5.31. The Hall–Kier alpha value is -2.36. The number of primary amides is 1. The smallest absolute Gasteiger partial charge is 0.325 e. The minimum atomic E-state index is -0.559. The van der Waals surface area contributed by atoms with E-state index >= 15 is 0 Å². The first kappa shape index (κ1) is 12.1. The standard InChI is InChI=1S/C14H14N3O/c1-2-11-6-8-12(9-7-11)17(14(15)18)13-5-3-4-10-16-13/h3-10H,1-2H2,(H2,15,18). The third-order valence-electron chi connectivity index (χ3n) is 2.58. The molecule has 0 aliphatic rings. The maximum absolute atomic E-state index is 11.6. The van der Waals surface area contributed by atoms with Crippen LogP contribution in [0.25, 0.3) is 0 Å². The third-order valence-corrected chi connectivity index (χ3v) is 2.58. The fourth-order valence-corrected chi connectivity index (χ4v) is 1.67. The summed E-state index contributed by atoms with van der Waals surface area (Å²) in [6.45, 7) is 3.81. The highest BCUT2D eigenvalue weighted by molar-refractivity contribution is 5.97. The molecule has 2 rings (SSSR count).